The van der Waals surface area contributed by atoms with Crippen molar-refractivity contribution in [1.82, 2.24) is 19.8 Å². The molecule has 0 saturated carbocycles. The van der Waals surface area contributed by atoms with Crippen LogP contribution >= 0.6 is 23.3 Å². The van der Waals surface area contributed by atoms with Gasteiger partial charge in [-0.2, -0.15) is 4.37 Å². The molecule has 13 heteroatoms. The molecule has 5 aromatic carbocycles. The lowest BCUT2D eigenvalue weighted by Gasteiger charge is -2.43. The molecule has 254 valence electrons. The molecule has 0 bridgehead atoms. The predicted octanol–water partition coefficient (Wildman–Crippen LogP) is 11.1. The summed E-state index contributed by atoms with van der Waals surface area (Å²) >= 11 is 3.14. The zero-order chi connectivity index (χ0) is 34.9. The van der Waals surface area contributed by atoms with Crippen LogP contribution in [-0.2, 0) is 0 Å². The van der Waals surface area contributed by atoms with Crippen molar-refractivity contribution in [3.63, 3.8) is 0 Å². The maximum absolute atomic E-state index is 6.48. The number of benzene rings is 5. The van der Waals surface area contributed by atoms with Gasteiger partial charge in [0.05, 0.1) is 45.5 Å². The van der Waals surface area contributed by atoms with E-state index in [2.05, 4.69) is 96.6 Å². The van der Waals surface area contributed by atoms with Crippen molar-refractivity contribution in [2.45, 2.75) is 9.79 Å². The smallest absolute Gasteiger partial charge is 0.154 e. The highest BCUT2D eigenvalue weighted by molar-refractivity contribution is 7.99. The molecule has 2 N–H and O–H groups in total. The number of hydrogen-bond donors (Lipinski definition) is 2. The van der Waals surface area contributed by atoms with Gasteiger partial charge in [0.2, 0.25) is 0 Å². The van der Waals surface area contributed by atoms with E-state index in [0.717, 1.165) is 72.3 Å². The van der Waals surface area contributed by atoms with Crippen molar-refractivity contribution in [3.05, 3.63) is 144 Å². The molecule has 0 fully saturated rings. The van der Waals surface area contributed by atoms with Crippen molar-refractivity contribution < 1.29 is 13.9 Å². The molecule has 8 aromatic rings. The minimum atomic E-state index is 0.491. The molecule has 0 spiro atoms. The minimum absolute atomic E-state index is 0.491. The SMILES string of the molecule is c1ccc2c(c1)Nc1c(cccc1N1C(c3cnon3)=C(c3ccon3)N(c3cccc4c3Nc3ccccc3S4)c3c(-c4ccsn4)cccc31)O2. The lowest BCUT2D eigenvalue weighted by Crippen LogP contribution is -2.32. The number of anilines is 8. The van der Waals surface area contributed by atoms with Gasteiger partial charge >= 0.3 is 0 Å². The van der Waals surface area contributed by atoms with Gasteiger partial charge in [-0.3, -0.25) is 0 Å². The first-order valence-corrected chi connectivity index (χ1v) is 18.4. The summed E-state index contributed by atoms with van der Waals surface area (Å²) in [6.45, 7) is 0. The number of rotatable bonds is 5. The maximum atomic E-state index is 6.48. The van der Waals surface area contributed by atoms with E-state index in [1.807, 2.05) is 60.0 Å². The highest BCUT2D eigenvalue weighted by atomic mass is 32.2. The fraction of sp³-hybridized carbons (Fsp3) is 0. The van der Waals surface area contributed by atoms with Crippen LogP contribution in [0.1, 0.15) is 11.4 Å². The molecule has 3 aliphatic heterocycles. The summed E-state index contributed by atoms with van der Waals surface area (Å²) in [5.41, 5.74) is 11.2. The van der Waals surface area contributed by atoms with Gasteiger partial charge in [0.15, 0.2) is 17.2 Å². The Bertz CT molecular complexity index is 2710. The molecule has 3 aliphatic rings. The molecule has 0 unspecified atom stereocenters. The summed E-state index contributed by atoms with van der Waals surface area (Å²) < 4.78 is 22.2. The molecule has 0 radical (unpaired) electrons. The van der Waals surface area contributed by atoms with E-state index in [1.165, 1.54) is 11.5 Å². The molecule has 0 amide bonds. The molecule has 6 heterocycles. The summed E-state index contributed by atoms with van der Waals surface area (Å²) in [5, 5.41) is 22.6. The number of para-hydroxylation sites is 6. The van der Waals surface area contributed by atoms with Gasteiger partial charge in [-0.15, -0.1) is 0 Å². The molecule has 53 heavy (non-hydrogen) atoms. The molecule has 3 aromatic heterocycles. The van der Waals surface area contributed by atoms with Crippen molar-refractivity contribution in [1.29, 1.82) is 0 Å². The third-order valence-corrected chi connectivity index (χ3v) is 11.1. The minimum Gasteiger partial charge on any atom is -0.453 e. The fourth-order valence-corrected chi connectivity index (χ4v) is 8.71. The number of nitrogens with one attached hydrogen (secondary N) is 2. The van der Waals surface area contributed by atoms with Crippen molar-refractivity contribution in [2.75, 3.05) is 20.4 Å². The average molecular weight is 729 g/mol. The molecule has 11 nitrogen and oxygen atoms in total. The monoisotopic (exact) mass is 728 g/mol. The van der Waals surface area contributed by atoms with E-state index < -0.39 is 0 Å². The van der Waals surface area contributed by atoms with Gasteiger partial charge in [0.25, 0.3) is 0 Å². The molecular formula is C40H24N8O3S2. The molecule has 0 aliphatic carbocycles. The number of aromatic nitrogens is 4. The number of nitrogens with zero attached hydrogens (tertiary/aromatic N) is 6. The molecule has 0 atom stereocenters. The summed E-state index contributed by atoms with van der Waals surface area (Å²) in [6.07, 6.45) is 3.20. The van der Waals surface area contributed by atoms with Crippen LogP contribution in [0.4, 0.5) is 45.5 Å². The topological polar surface area (TPSA) is 118 Å². The largest absolute Gasteiger partial charge is 0.453 e. The Hall–Kier alpha value is -6.83. The van der Waals surface area contributed by atoms with Gasteiger partial charge in [-0.1, -0.05) is 70.6 Å². The first-order valence-electron chi connectivity index (χ1n) is 16.7. The van der Waals surface area contributed by atoms with Gasteiger partial charge in [-0.25, -0.2) is 4.63 Å². The summed E-state index contributed by atoms with van der Waals surface area (Å²) in [7, 11) is 0. The highest BCUT2D eigenvalue weighted by Crippen LogP contribution is 2.60. The Morgan fingerprint density at radius 2 is 1.34 bits per heavy atom. The van der Waals surface area contributed by atoms with Crippen LogP contribution in [0.2, 0.25) is 0 Å². The molecular weight excluding hydrogens is 705 g/mol. The van der Waals surface area contributed by atoms with E-state index >= 15 is 0 Å². The fourth-order valence-electron chi connectivity index (χ4n) is 7.17. The number of ether oxygens (including phenoxy) is 1. The average Bonchev–Trinajstić information content (AvgIpc) is 4.03. The van der Waals surface area contributed by atoms with Gasteiger partial charge in [-0.05, 0) is 77.4 Å². The lowest BCUT2D eigenvalue weighted by molar-refractivity contribution is 0.306. The zero-order valence-corrected chi connectivity index (χ0v) is 29.1. The van der Waals surface area contributed by atoms with Gasteiger partial charge in [0, 0.05) is 26.8 Å². The first kappa shape index (κ1) is 29.9. The van der Waals surface area contributed by atoms with Gasteiger partial charge < -0.3 is 29.7 Å². The Balaban J connectivity index is 1.25. The van der Waals surface area contributed by atoms with E-state index in [1.54, 1.807) is 24.2 Å². The third-order valence-electron chi connectivity index (χ3n) is 9.37. The Morgan fingerprint density at radius 3 is 2.19 bits per heavy atom. The van der Waals surface area contributed by atoms with Crippen LogP contribution in [0.3, 0.4) is 0 Å². The standard InChI is InChI=1S/C40H24N8O3S2/c1-3-14-32-25(9-1)42-36-29(11-6-15-33(36)50-32)47-31-13-5-8-23(24-19-21-52-46-24)38(31)48(39(27-18-20-49-44-27)40(47)28-22-41-51-45-28)30-12-7-17-35-37(30)43-26-10-2-4-16-34(26)53-35/h1-22,42-43H. The summed E-state index contributed by atoms with van der Waals surface area (Å²) in [5.74, 6) is 1.42. The van der Waals surface area contributed by atoms with Crippen LogP contribution < -0.4 is 25.2 Å². The van der Waals surface area contributed by atoms with E-state index in [4.69, 9.17) is 18.3 Å². The number of hydrogen-bond acceptors (Lipinski definition) is 13. The van der Waals surface area contributed by atoms with Crippen molar-refractivity contribution >= 4 is 80.2 Å². The maximum Gasteiger partial charge on any atom is 0.154 e. The van der Waals surface area contributed by atoms with E-state index in [9.17, 15) is 0 Å². The second kappa shape index (κ2) is 11.9. The van der Waals surface area contributed by atoms with Crippen molar-refractivity contribution in [2.24, 2.45) is 0 Å². The Morgan fingerprint density at radius 1 is 0.585 bits per heavy atom. The van der Waals surface area contributed by atoms with E-state index in [-0.39, 0.29) is 0 Å². The van der Waals surface area contributed by atoms with Crippen molar-refractivity contribution in [3.8, 4) is 22.8 Å². The number of fused-ring (bicyclic) bond motifs is 5. The van der Waals surface area contributed by atoms with Crippen LogP contribution in [0, 0.1) is 0 Å². The third kappa shape index (κ3) is 4.68. The van der Waals surface area contributed by atoms with Crippen LogP contribution in [0.25, 0.3) is 22.7 Å². The normalized spacial score (nSPS) is 13.9. The van der Waals surface area contributed by atoms with Crippen LogP contribution in [0.15, 0.2) is 152 Å². The summed E-state index contributed by atoms with van der Waals surface area (Å²) in [4.78, 5) is 6.63. The van der Waals surface area contributed by atoms with Gasteiger partial charge in [0.1, 0.15) is 35.2 Å². The van der Waals surface area contributed by atoms with E-state index in [0.29, 0.717) is 28.5 Å². The second-order valence-electron chi connectivity index (χ2n) is 12.4. The zero-order valence-electron chi connectivity index (χ0n) is 27.4. The second-order valence-corrected chi connectivity index (χ2v) is 14.1. The highest BCUT2D eigenvalue weighted by Gasteiger charge is 2.41. The Kier molecular flexibility index (Phi) is 6.69. The van der Waals surface area contributed by atoms with Crippen LogP contribution in [0.5, 0.6) is 11.5 Å². The first-order chi connectivity index (χ1) is 26.3. The van der Waals surface area contributed by atoms with Crippen LogP contribution in [-0.4, -0.2) is 19.8 Å². The Labute approximate surface area is 310 Å². The molecule has 11 rings (SSSR count). The lowest BCUT2D eigenvalue weighted by atomic mass is 9.97. The molecule has 0 saturated heterocycles. The summed E-state index contributed by atoms with van der Waals surface area (Å²) in [6, 6.07) is 38.7. The predicted molar refractivity (Wildman–Crippen MR) is 206 cm³/mol. The quantitative estimate of drug-likeness (QED) is 0.176.